The van der Waals surface area contributed by atoms with Gasteiger partial charge in [0.05, 0.1) is 44.6 Å². The Labute approximate surface area is 283 Å². The number of hydrogen-bond donors (Lipinski definition) is 11. The highest BCUT2D eigenvalue weighted by molar-refractivity contribution is 5.16. The molecule has 280 valence electrons. The lowest BCUT2D eigenvalue weighted by molar-refractivity contribution is -0.304. The van der Waals surface area contributed by atoms with Gasteiger partial charge in [0.1, 0.15) is 54.9 Å². The van der Waals surface area contributed by atoms with Crippen LogP contribution in [0.1, 0.15) is 18.3 Å². The van der Waals surface area contributed by atoms with Crippen molar-refractivity contribution < 1.29 is 68.5 Å². The highest BCUT2D eigenvalue weighted by Gasteiger charge is 2.53. The third-order valence-corrected chi connectivity index (χ3v) is 9.22. The van der Waals surface area contributed by atoms with Crippen LogP contribution in [0.15, 0.2) is 30.3 Å². The van der Waals surface area contributed by atoms with E-state index >= 15 is 0 Å². The summed E-state index contributed by atoms with van der Waals surface area (Å²) in [5.74, 6) is 0. The van der Waals surface area contributed by atoms with Gasteiger partial charge in [-0.15, -0.1) is 0 Å². The molecule has 1 aliphatic carbocycles. The van der Waals surface area contributed by atoms with E-state index in [9.17, 15) is 30.6 Å². The highest BCUT2D eigenvalue weighted by atomic mass is 16.8. The molecule has 16 N–H and O–H groups in total. The van der Waals surface area contributed by atoms with Crippen LogP contribution in [0.4, 0.5) is 0 Å². The zero-order valence-corrected chi connectivity index (χ0v) is 26.9. The molecule has 49 heavy (non-hydrogen) atoms. The maximum Gasteiger partial charge on any atom is 0.187 e. The van der Waals surface area contributed by atoms with E-state index < -0.39 is 124 Å². The number of benzene rings is 1. The first-order chi connectivity index (χ1) is 23.5. The molecule has 1 aromatic carbocycles. The highest BCUT2D eigenvalue weighted by Crippen LogP contribution is 2.34. The van der Waals surface area contributed by atoms with Gasteiger partial charge in [-0.25, -0.2) is 0 Å². The van der Waals surface area contributed by atoms with E-state index in [1.165, 1.54) is 0 Å². The molecule has 4 fully saturated rings. The molecule has 0 aromatic heterocycles. The van der Waals surface area contributed by atoms with Crippen LogP contribution in [-0.2, 0) is 37.9 Å². The topological polar surface area (TPSA) is 325 Å². The van der Waals surface area contributed by atoms with Crippen molar-refractivity contribution in [2.45, 2.75) is 117 Å². The first-order valence-electron chi connectivity index (χ1n) is 16.3. The summed E-state index contributed by atoms with van der Waals surface area (Å²) in [4.78, 5) is 0. The largest absolute Gasteiger partial charge is 0.395 e. The second-order valence-electron chi connectivity index (χ2n) is 12.8. The molecule has 0 amide bonds. The Morgan fingerprint density at radius 3 is 2.04 bits per heavy atom. The van der Waals surface area contributed by atoms with Gasteiger partial charge in [-0.2, -0.15) is 0 Å². The number of nitrogens with two attached hydrogens (primary N) is 5. The molecule has 19 heteroatoms. The SMILES string of the molecule is NC[C@@H]1O[C@H](O[C@H]2[C@@H](O)[C@H](O[C@@H]3[C@@H](O)[C@H](N)C[C@H](N)[C@H]3O[C@@H](OC3COC(c4ccccc4)OC3)[C@H](N)CO)O[C@@H]2CO)[C@H](N)[C@@H](O)[C@@H]1O. The molecule has 0 unspecified atom stereocenters. The van der Waals surface area contributed by atoms with Crippen molar-refractivity contribution in [1.29, 1.82) is 0 Å². The number of aliphatic hydroxyl groups is 6. The lowest BCUT2D eigenvalue weighted by Crippen LogP contribution is -2.65. The molecule has 3 aliphatic heterocycles. The summed E-state index contributed by atoms with van der Waals surface area (Å²) >= 11 is 0. The van der Waals surface area contributed by atoms with E-state index in [0.717, 1.165) is 5.56 Å². The smallest absolute Gasteiger partial charge is 0.187 e. The maximum atomic E-state index is 11.3. The monoisotopic (exact) mass is 705 g/mol. The van der Waals surface area contributed by atoms with E-state index in [-0.39, 0.29) is 26.2 Å². The molecule has 1 saturated carbocycles. The minimum Gasteiger partial charge on any atom is -0.395 e. The summed E-state index contributed by atoms with van der Waals surface area (Å²) < 4.78 is 47.3. The maximum absolute atomic E-state index is 11.3. The summed E-state index contributed by atoms with van der Waals surface area (Å²) in [5, 5.41) is 63.0. The Hall–Kier alpha value is -1.54. The molecule has 0 bridgehead atoms. The fourth-order valence-corrected chi connectivity index (χ4v) is 6.35. The fraction of sp³-hybridized carbons (Fsp3) is 0.800. The average molecular weight is 706 g/mol. The molecule has 19 nitrogen and oxygen atoms in total. The van der Waals surface area contributed by atoms with Gasteiger partial charge in [-0.3, -0.25) is 0 Å². The number of ether oxygens (including phenoxy) is 8. The zero-order chi connectivity index (χ0) is 35.4. The van der Waals surface area contributed by atoms with Crippen molar-refractivity contribution in [3.05, 3.63) is 35.9 Å². The molecular formula is C30H51N5O14. The Balaban J connectivity index is 1.26. The Morgan fingerprint density at radius 1 is 0.755 bits per heavy atom. The lowest BCUT2D eigenvalue weighted by Gasteiger charge is -2.45. The van der Waals surface area contributed by atoms with E-state index in [1.807, 2.05) is 30.3 Å². The molecular weight excluding hydrogens is 654 g/mol. The van der Waals surface area contributed by atoms with Crippen molar-refractivity contribution in [2.24, 2.45) is 28.7 Å². The molecule has 3 saturated heterocycles. The molecule has 16 atom stereocenters. The Morgan fingerprint density at radius 2 is 1.41 bits per heavy atom. The van der Waals surface area contributed by atoms with Crippen LogP contribution in [0.5, 0.6) is 0 Å². The molecule has 3 heterocycles. The number of rotatable bonds is 13. The van der Waals surface area contributed by atoms with Gasteiger partial charge >= 0.3 is 0 Å². The van der Waals surface area contributed by atoms with Crippen LogP contribution in [0.2, 0.25) is 0 Å². The van der Waals surface area contributed by atoms with Gasteiger partial charge in [0.15, 0.2) is 25.2 Å². The van der Waals surface area contributed by atoms with Crippen LogP contribution < -0.4 is 28.7 Å². The van der Waals surface area contributed by atoms with E-state index in [4.69, 9.17) is 66.6 Å². The third kappa shape index (κ3) is 8.75. The second kappa shape index (κ2) is 17.3. The quantitative estimate of drug-likeness (QED) is 0.0851. The van der Waals surface area contributed by atoms with Crippen molar-refractivity contribution >= 4 is 0 Å². The number of hydrogen-bond acceptors (Lipinski definition) is 19. The first-order valence-corrected chi connectivity index (χ1v) is 16.3. The fourth-order valence-electron chi connectivity index (χ4n) is 6.35. The minimum absolute atomic E-state index is 0.105. The molecule has 5 rings (SSSR count). The summed E-state index contributed by atoms with van der Waals surface area (Å²) in [6.45, 7) is -1.11. The minimum atomic E-state index is -1.60. The van der Waals surface area contributed by atoms with Crippen LogP contribution >= 0.6 is 0 Å². The molecule has 4 aliphatic rings. The average Bonchev–Trinajstić information content (AvgIpc) is 3.41. The summed E-state index contributed by atoms with van der Waals surface area (Å²) in [6, 6.07) is 5.33. The van der Waals surface area contributed by atoms with Crippen molar-refractivity contribution in [2.75, 3.05) is 33.0 Å². The Kier molecular flexibility index (Phi) is 13.7. The van der Waals surface area contributed by atoms with Crippen LogP contribution in [-0.4, -0.2) is 168 Å². The van der Waals surface area contributed by atoms with Gasteiger partial charge in [-0.05, 0) is 6.42 Å². The second-order valence-corrected chi connectivity index (χ2v) is 12.8. The normalized spacial score (nSPS) is 44.5. The van der Waals surface area contributed by atoms with Gasteiger partial charge in [0, 0.05) is 24.2 Å². The molecule has 1 aromatic rings. The summed E-state index contributed by atoms with van der Waals surface area (Å²) in [7, 11) is 0. The van der Waals surface area contributed by atoms with Gasteiger partial charge in [-0.1, -0.05) is 30.3 Å². The van der Waals surface area contributed by atoms with Gasteiger partial charge in [0.25, 0.3) is 0 Å². The lowest BCUT2D eigenvalue weighted by atomic mass is 9.84. The molecule has 0 radical (unpaired) electrons. The number of aliphatic hydroxyl groups excluding tert-OH is 6. The van der Waals surface area contributed by atoms with Crippen molar-refractivity contribution in [1.82, 2.24) is 0 Å². The van der Waals surface area contributed by atoms with E-state index in [1.54, 1.807) is 0 Å². The molecule has 0 spiro atoms. The van der Waals surface area contributed by atoms with Crippen molar-refractivity contribution in [3.8, 4) is 0 Å². The van der Waals surface area contributed by atoms with Crippen molar-refractivity contribution in [3.63, 3.8) is 0 Å². The van der Waals surface area contributed by atoms with Crippen LogP contribution in [0.3, 0.4) is 0 Å². The van der Waals surface area contributed by atoms with E-state index in [0.29, 0.717) is 0 Å². The Bertz CT molecular complexity index is 1140. The summed E-state index contributed by atoms with van der Waals surface area (Å²) in [5.41, 5.74) is 31.3. The van der Waals surface area contributed by atoms with Gasteiger partial charge in [0.2, 0.25) is 0 Å². The third-order valence-electron chi connectivity index (χ3n) is 9.22. The predicted octanol–water partition coefficient (Wildman–Crippen LogP) is -5.85. The van der Waals surface area contributed by atoms with Crippen LogP contribution in [0.25, 0.3) is 0 Å². The standard InChI is InChI=1S/C30H51N5O14/c31-7-17-21(39)22(40)19(35)29(45-17)48-25-18(9-37)46-30(23(25)41)49-26-20(38)14(32)6-15(33)24(26)47-28(16(34)8-36)44-13-10-42-27(43-11-13)12-4-2-1-3-5-12/h1-5,13-30,36-41H,6-11,31-35H2/t13?,14-,15+,16-,17+,18-,19-,20+,21-,22-,23-,24-,25-,26-,27?,28-,29-,30+/m1/s1. The predicted molar refractivity (Wildman–Crippen MR) is 165 cm³/mol. The van der Waals surface area contributed by atoms with Gasteiger partial charge < -0.3 is 97.2 Å². The van der Waals surface area contributed by atoms with E-state index in [2.05, 4.69) is 0 Å². The first kappa shape index (κ1) is 38.7. The summed E-state index contributed by atoms with van der Waals surface area (Å²) in [6.07, 6.45) is -17.1. The van der Waals surface area contributed by atoms with Crippen LogP contribution in [0, 0.1) is 0 Å². The zero-order valence-electron chi connectivity index (χ0n) is 26.9.